The maximum Gasteiger partial charge on any atom is 0.0547 e. The van der Waals surface area contributed by atoms with Gasteiger partial charge in [-0.15, -0.1) is 12.4 Å². The zero-order valence-electron chi connectivity index (χ0n) is 11.3. The van der Waals surface area contributed by atoms with Crippen molar-refractivity contribution >= 4 is 12.4 Å². The van der Waals surface area contributed by atoms with E-state index in [1.807, 2.05) is 35.9 Å². The summed E-state index contributed by atoms with van der Waals surface area (Å²) in [6.07, 6.45) is 3.81. The second-order valence-corrected chi connectivity index (χ2v) is 4.38. The Labute approximate surface area is 114 Å². The molecule has 0 aliphatic heterocycles. The van der Waals surface area contributed by atoms with Crippen LogP contribution in [0, 0.1) is 13.8 Å². The number of hydrogen-bond acceptors (Lipinski definition) is 3. The number of halogens is 1. The molecule has 0 aromatic carbocycles. The molecule has 2 aromatic rings. The van der Waals surface area contributed by atoms with Gasteiger partial charge in [0.1, 0.15) is 0 Å². The van der Waals surface area contributed by atoms with Crippen molar-refractivity contribution in [2.45, 2.75) is 26.9 Å². The Kier molecular flexibility index (Phi) is 4.93. The average Bonchev–Trinajstić information content (AvgIpc) is 2.78. The highest BCUT2D eigenvalue weighted by Gasteiger charge is 2.06. The molecular weight excluding hydrogens is 250 g/mol. The van der Waals surface area contributed by atoms with Crippen LogP contribution in [0.3, 0.4) is 0 Å². The Bertz CT molecular complexity index is 495. The predicted molar refractivity (Wildman–Crippen MR) is 73.7 cm³/mol. The van der Waals surface area contributed by atoms with Gasteiger partial charge in [0.05, 0.1) is 18.1 Å². The summed E-state index contributed by atoms with van der Waals surface area (Å²) in [5, 5.41) is 11.9. The lowest BCUT2D eigenvalue weighted by Gasteiger charge is -2.06. The third-order valence-corrected chi connectivity index (χ3v) is 3.22. The van der Waals surface area contributed by atoms with E-state index in [-0.39, 0.29) is 12.4 Å². The minimum absolute atomic E-state index is 0. The maximum atomic E-state index is 4.23. The molecule has 0 aliphatic rings. The molecule has 18 heavy (non-hydrogen) atoms. The molecule has 0 bridgehead atoms. The molecule has 0 saturated carbocycles. The molecule has 0 spiro atoms. The maximum absolute atomic E-state index is 4.23. The first-order valence-corrected chi connectivity index (χ1v) is 5.75. The summed E-state index contributed by atoms with van der Waals surface area (Å²) in [7, 11) is 3.93. The summed E-state index contributed by atoms with van der Waals surface area (Å²) < 4.78 is 3.81. The molecule has 0 saturated heterocycles. The van der Waals surface area contributed by atoms with E-state index >= 15 is 0 Å². The first-order chi connectivity index (χ1) is 8.09. The topological polar surface area (TPSA) is 47.7 Å². The van der Waals surface area contributed by atoms with Crippen molar-refractivity contribution < 1.29 is 0 Å². The Morgan fingerprint density at radius 2 is 1.72 bits per heavy atom. The quantitative estimate of drug-likeness (QED) is 0.915. The Morgan fingerprint density at radius 1 is 1.06 bits per heavy atom. The highest BCUT2D eigenvalue weighted by atomic mass is 35.5. The van der Waals surface area contributed by atoms with E-state index in [1.165, 1.54) is 22.5 Å². The predicted octanol–water partition coefficient (Wildman–Crippen LogP) is 1.48. The highest BCUT2D eigenvalue weighted by Crippen LogP contribution is 2.07. The lowest BCUT2D eigenvalue weighted by Crippen LogP contribution is -2.16. The lowest BCUT2D eigenvalue weighted by molar-refractivity contribution is 0.621. The van der Waals surface area contributed by atoms with Gasteiger partial charge in [-0.05, 0) is 19.4 Å². The van der Waals surface area contributed by atoms with Gasteiger partial charge in [-0.3, -0.25) is 9.36 Å². The van der Waals surface area contributed by atoms with Gasteiger partial charge in [0.25, 0.3) is 0 Å². The normalized spacial score (nSPS) is 10.4. The largest absolute Gasteiger partial charge is 0.307 e. The minimum Gasteiger partial charge on any atom is -0.307 e. The fourth-order valence-corrected chi connectivity index (χ4v) is 1.86. The third kappa shape index (κ3) is 2.91. The van der Waals surface area contributed by atoms with Gasteiger partial charge >= 0.3 is 0 Å². The van der Waals surface area contributed by atoms with E-state index in [1.54, 1.807) is 0 Å². The first kappa shape index (κ1) is 14.7. The molecule has 0 aliphatic carbocycles. The molecule has 2 aromatic heterocycles. The van der Waals surface area contributed by atoms with Gasteiger partial charge in [-0.2, -0.15) is 10.2 Å². The number of aryl methyl sites for hydroxylation is 3. The first-order valence-electron chi connectivity index (χ1n) is 5.75. The molecule has 0 fully saturated rings. The minimum atomic E-state index is 0. The van der Waals surface area contributed by atoms with Crippen LogP contribution in [0.5, 0.6) is 0 Å². The van der Waals surface area contributed by atoms with E-state index in [0.717, 1.165) is 13.1 Å². The molecule has 5 nitrogen and oxygen atoms in total. The van der Waals surface area contributed by atoms with Crippen molar-refractivity contribution in [3.63, 3.8) is 0 Å². The van der Waals surface area contributed by atoms with E-state index in [0.29, 0.717) is 0 Å². The fraction of sp³-hybridized carbons (Fsp3) is 0.500. The molecule has 0 radical (unpaired) electrons. The van der Waals surface area contributed by atoms with Crippen molar-refractivity contribution in [1.82, 2.24) is 24.9 Å². The van der Waals surface area contributed by atoms with E-state index < -0.39 is 0 Å². The van der Waals surface area contributed by atoms with E-state index in [9.17, 15) is 0 Å². The molecule has 6 heteroatoms. The van der Waals surface area contributed by atoms with Crippen molar-refractivity contribution in [3.8, 4) is 0 Å². The summed E-state index contributed by atoms with van der Waals surface area (Å²) in [6.45, 7) is 5.83. The van der Waals surface area contributed by atoms with Gasteiger partial charge in [-0.25, -0.2) is 0 Å². The molecule has 0 amide bonds. The summed E-state index contributed by atoms with van der Waals surface area (Å²) in [5.74, 6) is 0. The van der Waals surface area contributed by atoms with Crippen LogP contribution in [-0.4, -0.2) is 19.6 Å². The number of nitrogens with one attached hydrogen (secondary N) is 1. The van der Waals surface area contributed by atoms with Crippen LogP contribution < -0.4 is 5.32 Å². The molecule has 2 heterocycles. The van der Waals surface area contributed by atoms with Crippen LogP contribution in [0.1, 0.15) is 22.5 Å². The van der Waals surface area contributed by atoms with Crippen molar-refractivity contribution in [3.05, 3.63) is 34.9 Å². The number of aromatic nitrogens is 4. The van der Waals surface area contributed by atoms with Crippen LogP contribution >= 0.6 is 12.4 Å². The van der Waals surface area contributed by atoms with Gasteiger partial charge in [0.15, 0.2) is 0 Å². The van der Waals surface area contributed by atoms with Crippen molar-refractivity contribution in [2.24, 2.45) is 14.1 Å². The smallest absolute Gasteiger partial charge is 0.0547 e. The zero-order chi connectivity index (χ0) is 12.4. The lowest BCUT2D eigenvalue weighted by atomic mass is 10.2. The number of nitrogens with zero attached hydrogens (tertiary/aromatic N) is 4. The SMILES string of the molecule is Cc1cnn(C)c1CNCc1cnn(C)c1C.Cl. The van der Waals surface area contributed by atoms with Gasteiger partial charge in [-0.1, -0.05) is 0 Å². The Morgan fingerprint density at radius 3 is 2.22 bits per heavy atom. The second-order valence-electron chi connectivity index (χ2n) is 4.38. The monoisotopic (exact) mass is 269 g/mol. The van der Waals surface area contributed by atoms with Gasteiger partial charge in [0.2, 0.25) is 0 Å². The molecule has 0 unspecified atom stereocenters. The molecule has 100 valence electrons. The summed E-state index contributed by atoms with van der Waals surface area (Å²) >= 11 is 0. The fourth-order valence-electron chi connectivity index (χ4n) is 1.86. The Balaban J connectivity index is 0.00000162. The van der Waals surface area contributed by atoms with Crippen LogP contribution in [-0.2, 0) is 27.2 Å². The van der Waals surface area contributed by atoms with Crippen LogP contribution in [0.25, 0.3) is 0 Å². The number of rotatable bonds is 4. The second kappa shape index (κ2) is 6.02. The van der Waals surface area contributed by atoms with E-state index in [4.69, 9.17) is 0 Å². The number of hydrogen-bond donors (Lipinski definition) is 1. The van der Waals surface area contributed by atoms with Crippen molar-refractivity contribution in [1.29, 1.82) is 0 Å². The Hall–Kier alpha value is -1.33. The van der Waals surface area contributed by atoms with Crippen LogP contribution in [0.15, 0.2) is 12.4 Å². The van der Waals surface area contributed by atoms with E-state index in [2.05, 4.69) is 29.4 Å². The zero-order valence-corrected chi connectivity index (χ0v) is 12.1. The third-order valence-electron chi connectivity index (χ3n) is 3.22. The summed E-state index contributed by atoms with van der Waals surface area (Å²) in [6, 6.07) is 0. The molecular formula is C12H20ClN5. The molecule has 1 N–H and O–H groups in total. The molecule has 0 atom stereocenters. The summed E-state index contributed by atoms with van der Waals surface area (Å²) in [4.78, 5) is 0. The highest BCUT2D eigenvalue weighted by molar-refractivity contribution is 5.85. The summed E-state index contributed by atoms with van der Waals surface area (Å²) in [5.41, 5.74) is 4.90. The van der Waals surface area contributed by atoms with Gasteiger partial charge < -0.3 is 5.32 Å². The van der Waals surface area contributed by atoms with Gasteiger partial charge in [0, 0.05) is 38.4 Å². The average molecular weight is 270 g/mol. The van der Waals surface area contributed by atoms with Crippen LogP contribution in [0.2, 0.25) is 0 Å². The van der Waals surface area contributed by atoms with Crippen LogP contribution in [0.4, 0.5) is 0 Å². The molecule has 2 rings (SSSR count). The standard InChI is InChI=1S/C12H19N5.ClH/c1-9-5-14-17(4)12(9)8-13-6-11-7-15-16(3)10(11)2;/h5,7,13H,6,8H2,1-4H3;1H. The van der Waals surface area contributed by atoms with Crippen molar-refractivity contribution in [2.75, 3.05) is 0 Å².